The molecule has 1 N–H and O–H groups in total. The van der Waals surface area contributed by atoms with E-state index < -0.39 is 17.4 Å². The van der Waals surface area contributed by atoms with Crippen LogP contribution in [0.3, 0.4) is 0 Å². The first-order chi connectivity index (χ1) is 17.4. The van der Waals surface area contributed by atoms with Gasteiger partial charge in [-0.1, -0.05) is 50.6 Å². The standard InChI is InChI=1S/C28H32N4O4S/c1-18-7-13-23(14-8-18)36-27(33)31(37(34)35)16-15-21-9-11-22(12-10-21)32-24-17-19(2)29-20(3)25(24)30-26(32)28(4,5)6/h7-14,17H,15-16H2,1-6H3,(H,34,35). The zero-order chi connectivity index (χ0) is 26.9. The second kappa shape index (κ2) is 10.4. The molecule has 1 unspecified atom stereocenters. The van der Waals surface area contributed by atoms with Gasteiger partial charge in [0.1, 0.15) is 17.1 Å². The maximum absolute atomic E-state index is 12.5. The smallest absolute Gasteiger partial charge is 0.410 e. The highest BCUT2D eigenvalue weighted by Gasteiger charge is 2.25. The van der Waals surface area contributed by atoms with Crippen molar-refractivity contribution in [2.24, 2.45) is 0 Å². The molecule has 0 spiro atoms. The number of pyridine rings is 1. The Balaban J connectivity index is 1.56. The SMILES string of the molecule is Cc1ccc(OC(=O)N(CCc2ccc(-n3c(C(C)(C)C)nc4c(C)nc(C)cc43)cc2)S(=O)O)cc1. The van der Waals surface area contributed by atoms with Gasteiger partial charge in [0.05, 0.1) is 11.2 Å². The molecule has 1 atom stereocenters. The summed E-state index contributed by atoms with van der Waals surface area (Å²) in [5.41, 5.74) is 6.41. The van der Waals surface area contributed by atoms with Crippen LogP contribution >= 0.6 is 0 Å². The number of ether oxygens (including phenoxy) is 1. The molecule has 2 aromatic heterocycles. The summed E-state index contributed by atoms with van der Waals surface area (Å²) >= 11 is -2.51. The van der Waals surface area contributed by atoms with Crippen molar-refractivity contribution in [2.45, 2.75) is 53.4 Å². The lowest BCUT2D eigenvalue weighted by molar-refractivity contribution is 0.178. The Bertz CT molecular complexity index is 1460. The molecular formula is C28H32N4O4S. The number of hydrogen-bond acceptors (Lipinski definition) is 5. The molecule has 194 valence electrons. The number of aromatic nitrogens is 3. The molecule has 0 radical (unpaired) electrons. The maximum Gasteiger partial charge on any atom is 0.428 e. The molecular weight excluding hydrogens is 488 g/mol. The van der Waals surface area contributed by atoms with Crippen molar-refractivity contribution in [2.75, 3.05) is 6.54 Å². The normalized spacial score (nSPS) is 12.5. The number of aryl methyl sites for hydroxylation is 3. The van der Waals surface area contributed by atoms with Crippen molar-refractivity contribution >= 4 is 28.4 Å². The van der Waals surface area contributed by atoms with Crippen molar-refractivity contribution in [3.8, 4) is 11.4 Å². The molecule has 2 heterocycles. The van der Waals surface area contributed by atoms with E-state index in [2.05, 4.69) is 30.3 Å². The molecule has 1 amide bonds. The highest BCUT2D eigenvalue weighted by Crippen LogP contribution is 2.31. The van der Waals surface area contributed by atoms with Crippen molar-refractivity contribution < 1.29 is 18.3 Å². The third-order valence-corrected chi connectivity index (χ3v) is 6.74. The number of benzene rings is 2. The lowest BCUT2D eigenvalue weighted by Crippen LogP contribution is -2.36. The van der Waals surface area contributed by atoms with Gasteiger partial charge in [0.15, 0.2) is 0 Å². The highest BCUT2D eigenvalue weighted by molar-refractivity contribution is 7.77. The molecule has 0 saturated carbocycles. The molecule has 0 bridgehead atoms. The monoisotopic (exact) mass is 520 g/mol. The van der Waals surface area contributed by atoms with Gasteiger partial charge >= 0.3 is 6.09 Å². The molecule has 0 aliphatic rings. The van der Waals surface area contributed by atoms with Gasteiger partial charge in [-0.05, 0) is 63.1 Å². The average molecular weight is 521 g/mol. The molecule has 2 aromatic carbocycles. The first-order valence-corrected chi connectivity index (χ1v) is 13.1. The number of rotatable bonds is 6. The minimum atomic E-state index is -2.51. The quantitative estimate of drug-likeness (QED) is 0.322. The number of carbonyl (C=O) groups is 1. The Morgan fingerprint density at radius 1 is 1.03 bits per heavy atom. The minimum absolute atomic E-state index is 0.0262. The van der Waals surface area contributed by atoms with Crippen LogP contribution in [0.25, 0.3) is 16.7 Å². The predicted molar refractivity (Wildman–Crippen MR) is 145 cm³/mol. The van der Waals surface area contributed by atoms with E-state index >= 15 is 0 Å². The molecule has 37 heavy (non-hydrogen) atoms. The van der Waals surface area contributed by atoms with Crippen molar-refractivity contribution in [1.29, 1.82) is 0 Å². The Morgan fingerprint density at radius 3 is 2.27 bits per heavy atom. The topological polar surface area (TPSA) is 97.5 Å². The predicted octanol–water partition coefficient (Wildman–Crippen LogP) is 5.82. The molecule has 8 nitrogen and oxygen atoms in total. The number of hydrogen-bond donors (Lipinski definition) is 1. The lowest BCUT2D eigenvalue weighted by atomic mass is 9.95. The summed E-state index contributed by atoms with van der Waals surface area (Å²) in [6, 6.07) is 16.9. The molecule has 0 fully saturated rings. The second-order valence-electron chi connectivity index (χ2n) is 10.2. The summed E-state index contributed by atoms with van der Waals surface area (Å²) in [6.45, 7) is 12.3. The number of imidazole rings is 1. The maximum atomic E-state index is 12.5. The summed E-state index contributed by atoms with van der Waals surface area (Å²) in [5, 5.41) is 0. The van der Waals surface area contributed by atoms with Crippen LogP contribution in [0.1, 0.15) is 49.1 Å². The van der Waals surface area contributed by atoms with Crippen LogP contribution in [0.5, 0.6) is 5.75 Å². The van der Waals surface area contributed by atoms with Gasteiger partial charge in [-0.3, -0.25) is 14.1 Å². The summed E-state index contributed by atoms with van der Waals surface area (Å²) in [6.07, 6.45) is -0.491. The van der Waals surface area contributed by atoms with Crippen LogP contribution in [0.15, 0.2) is 54.6 Å². The summed E-state index contributed by atoms with van der Waals surface area (Å²) in [7, 11) is 0. The first kappa shape index (κ1) is 26.5. The van der Waals surface area contributed by atoms with E-state index in [1.54, 1.807) is 24.3 Å². The van der Waals surface area contributed by atoms with Crippen molar-refractivity contribution in [3.05, 3.63) is 82.9 Å². The van der Waals surface area contributed by atoms with Crippen molar-refractivity contribution in [1.82, 2.24) is 18.8 Å². The summed E-state index contributed by atoms with van der Waals surface area (Å²) in [5.74, 6) is 1.25. The largest absolute Gasteiger partial charge is 0.428 e. The molecule has 0 aliphatic carbocycles. The Hall–Kier alpha value is -3.56. The molecule has 9 heteroatoms. The first-order valence-electron chi connectivity index (χ1n) is 12.1. The lowest BCUT2D eigenvalue weighted by Gasteiger charge is -2.21. The number of carbonyl (C=O) groups excluding carboxylic acids is 1. The van der Waals surface area contributed by atoms with Gasteiger partial charge in [-0.25, -0.2) is 18.3 Å². The van der Waals surface area contributed by atoms with E-state index in [0.717, 1.165) is 49.4 Å². The molecule has 0 saturated heterocycles. The Morgan fingerprint density at radius 2 is 1.68 bits per heavy atom. The number of nitrogens with zero attached hydrogens (tertiary/aromatic N) is 4. The zero-order valence-corrected chi connectivity index (χ0v) is 22.8. The molecule has 0 aliphatic heterocycles. The van der Waals surface area contributed by atoms with Crippen LogP contribution in [0.4, 0.5) is 4.79 Å². The minimum Gasteiger partial charge on any atom is -0.410 e. The van der Waals surface area contributed by atoms with Gasteiger partial charge in [0, 0.05) is 23.3 Å². The van der Waals surface area contributed by atoms with Crippen LogP contribution in [0, 0.1) is 20.8 Å². The van der Waals surface area contributed by atoms with Gasteiger partial charge in [-0.2, -0.15) is 0 Å². The van der Waals surface area contributed by atoms with Crippen LogP contribution in [-0.4, -0.2) is 40.2 Å². The highest BCUT2D eigenvalue weighted by atomic mass is 32.2. The van der Waals surface area contributed by atoms with E-state index in [0.29, 0.717) is 12.2 Å². The fraction of sp³-hybridized carbons (Fsp3) is 0.321. The average Bonchev–Trinajstić information content (AvgIpc) is 3.21. The van der Waals surface area contributed by atoms with Crippen LogP contribution in [-0.2, 0) is 23.1 Å². The van der Waals surface area contributed by atoms with E-state index in [1.165, 1.54) is 0 Å². The van der Waals surface area contributed by atoms with E-state index in [-0.39, 0.29) is 12.0 Å². The van der Waals surface area contributed by atoms with Crippen LogP contribution < -0.4 is 4.74 Å². The summed E-state index contributed by atoms with van der Waals surface area (Å²) in [4.78, 5) is 22.0. The van der Waals surface area contributed by atoms with Gasteiger partial charge in [0.2, 0.25) is 0 Å². The van der Waals surface area contributed by atoms with E-state index in [9.17, 15) is 13.6 Å². The van der Waals surface area contributed by atoms with Gasteiger partial charge < -0.3 is 4.74 Å². The van der Waals surface area contributed by atoms with Gasteiger partial charge in [-0.15, -0.1) is 0 Å². The summed E-state index contributed by atoms with van der Waals surface area (Å²) < 4.78 is 29.8. The fourth-order valence-electron chi connectivity index (χ4n) is 4.18. The Kier molecular flexibility index (Phi) is 7.47. The zero-order valence-electron chi connectivity index (χ0n) is 22.0. The van der Waals surface area contributed by atoms with Crippen molar-refractivity contribution in [3.63, 3.8) is 0 Å². The van der Waals surface area contributed by atoms with Crippen LogP contribution in [0.2, 0.25) is 0 Å². The molecule has 4 aromatic rings. The van der Waals surface area contributed by atoms with Gasteiger partial charge in [0.25, 0.3) is 11.3 Å². The van der Waals surface area contributed by atoms with E-state index in [4.69, 9.17) is 9.72 Å². The third kappa shape index (κ3) is 5.89. The third-order valence-electron chi connectivity index (χ3n) is 6.03. The second-order valence-corrected chi connectivity index (χ2v) is 11.1. The van der Waals surface area contributed by atoms with E-state index in [1.807, 2.05) is 51.1 Å². The number of amides is 1. The Labute approximate surface area is 219 Å². The number of fused-ring (bicyclic) bond motifs is 1. The molecule has 4 rings (SSSR count). The fourth-order valence-corrected chi connectivity index (χ4v) is 4.59.